The van der Waals surface area contributed by atoms with Crippen LogP contribution in [-0.2, 0) is 10.0 Å². The van der Waals surface area contributed by atoms with Crippen LogP contribution in [0, 0.1) is 0 Å². The maximum Gasteiger partial charge on any atom is 0.255 e. The SMILES string of the molecule is O=C(c1cccc(Cl)c1Cl)N1CCN(S(=O)(=O)c2ccc3c(c2)OCCCO3)CC1. The van der Waals surface area contributed by atoms with E-state index in [1.165, 1.54) is 16.4 Å². The minimum atomic E-state index is -3.72. The van der Waals surface area contributed by atoms with Crippen molar-refractivity contribution in [3.05, 3.63) is 52.0 Å². The topological polar surface area (TPSA) is 76.2 Å². The van der Waals surface area contributed by atoms with E-state index >= 15 is 0 Å². The maximum atomic E-state index is 13.1. The molecule has 0 unspecified atom stereocenters. The fraction of sp³-hybridized carbons (Fsp3) is 0.350. The summed E-state index contributed by atoms with van der Waals surface area (Å²) in [6.45, 7) is 1.88. The fourth-order valence-corrected chi connectivity index (χ4v) is 5.24. The highest BCUT2D eigenvalue weighted by molar-refractivity contribution is 7.89. The molecule has 0 aliphatic carbocycles. The highest BCUT2D eigenvalue weighted by Gasteiger charge is 2.32. The molecule has 0 radical (unpaired) electrons. The van der Waals surface area contributed by atoms with Gasteiger partial charge in [-0.15, -0.1) is 0 Å². The van der Waals surface area contributed by atoms with Crippen LogP contribution >= 0.6 is 23.2 Å². The van der Waals surface area contributed by atoms with Gasteiger partial charge in [0, 0.05) is 38.7 Å². The van der Waals surface area contributed by atoms with Crippen LogP contribution in [0.25, 0.3) is 0 Å². The first kappa shape index (κ1) is 21.2. The molecule has 0 saturated carbocycles. The van der Waals surface area contributed by atoms with Crippen LogP contribution in [0.1, 0.15) is 16.8 Å². The second-order valence-corrected chi connectivity index (χ2v) is 9.68. The largest absolute Gasteiger partial charge is 0.490 e. The molecule has 1 fully saturated rings. The zero-order valence-corrected chi connectivity index (χ0v) is 18.3. The molecule has 4 rings (SSSR count). The lowest BCUT2D eigenvalue weighted by molar-refractivity contribution is 0.0698. The Balaban J connectivity index is 1.47. The molecule has 1 amide bonds. The third kappa shape index (κ3) is 4.09. The predicted octanol–water partition coefficient (Wildman–Crippen LogP) is 3.30. The second kappa shape index (κ2) is 8.63. The summed E-state index contributed by atoms with van der Waals surface area (Å²) in [7, 11) is -3.72. The molecule has 2 aliphatic rings. The first-order valence-corrected chi connectivity index (χ1v) is 11.7. The molecule has 0 N–H and O–H groups in total. The third-order valence-corrected chi connectivity index (χ3v) is 7.78. The van der Waals surface area contributed by atoms with Crippen molar-refractivity contribution in [1.29, 1.82) is 0 Å². The van der Waals surface area contributed by atoms with Crippen LogP contribution in [0.3, 0.4) is 0 Å². The van der Waals surface area contributed by atoms with Crippen molar-refractivity contribution in [2.24, 2.45) is 0 Å². The van der Waals surface area contributed by atoms with Crippen molar-refractivity contribution in [2.45, 2.75) is 11.3 Å². The van der Waals surface area contributed by atoms with Gasteiger partial charge in [0.1, 0.15) is 0 Å². The molecule has 1 saturated heterocycles. The Hall–Kier alpha value is -2.00. The van der Waals surface area contributed by atoms with E-state index in [0.29, 0.717) is 35.3 Å². The average Bonchev–Trinajstić information content (AvgIpc) is 3.00. The van der Waals surface area contributed by atoms with E-state index in [1.54, 1.807) is 29.2 Å². The van der Waals surface area contributed by atoms with Gasteiger partial charge in [-0.1, -0.05) is 29.3 Å². The molecule has 0 spiro atoms. The van der Waals surface area contributed by atoms with E-state index in [2.05, 4.69) is 0 Å². The number of nitrogens with zero attached hydrogens (tertiary/aromatic N) is 2. The Labute approximate surface area is 185 Å². The van der Waals surface area contributed by atoms with Crippen LogP contribution in [0.5, 0.6) is 11.5 Å². The number of carbonyl (C=O) groups is 1. The molecular weight excluding hydrogens is 451 g/mol. The zero-order chi connectivity index (χ0) is 21.3. The van der Waals surface area contributed by atoms with Gasteiger partial charge in [0.2, 0.25) is 10.0 Å². The van der Waals surface area contributed by atoms with Crippen LogP contribution in [-0.4, -0.2) is 62.9 Å². The molecule has 30 heavy (non-hydrogen) atoms. The van der Waals surface area contributed by atoms with Gasteiger partial charge in [0.15, 0.2) is 11.5 Å². The minimum absolute atomic E-state index is 0.143. The van der Waals surface area contributed by atoms with Gasteiger partial charge in [0.05, 0.1) is 33.7 Å². The van der Waals surface area contributed by atoms with Gasteiger partial charge < -0.3 is 14.4 Å². The fourth-order valence-electron chi connectivity index (χ4n) is 3.42. The monoisotopic (exact) mass is 470 g/mol. The van der Waals surface area contributed by atoms with E-state index in [-0.39, 0.29) is 42.0 Å². The molecule has 0 atom stereocenters. The summed E-state index contributed by atoms with van der Waals surface area (Å²) in [5.74, 6) is 0.702. The summed E-state index contributed by atoms with van der Waals surface area (Å²) in [6, 6.07) is 9.52. The lowest BCUT2D eigenvalue weighted by atomic mass is 10.2. The lowest BCUT2D eigenvalue weighted by Crippen LogP contribution is -2.50. The van der Waals surface area contributed by atoms with Crippen molar-refractivity contribution in [1.82, 2.24) is 9.21 Å². The quantitative estimate of drug-likeness (QED) is 0.687. The molecule has 0 aromatic heterocycles. The van der Waals surface area contributed by atoms with E-state index < -0.39 is 10.0 Å². The van der Waals surface area contributed by atoms with Crippen molar-refractivity contribution in [3.63, 3.8) is 0 Å². The molecule has 2 aliphatic heterocycles. The first-order valence-electron chi connectivity index (χ1n) is 9.51. The van der Waals surface area contributed by atoms with Gasteiger partial charge in [-0.25, -0.2) is 8.42 Å². The average molecular weight is 471 g/mol. The van der Waals surface area contributed by atoms with Gasteiger partial charge in [0.25, 0.3) is 5.91 Å². The van der Waals surface area contributed by atoms with Gasteiger partial charge in [-0.3, -0.25) is 4.79 Å². The van der Waals surface area contributed by atoms with Crippen LogP contribution in [0.4, 0.5) is 0 Å². The predicted molar refractivity (Wildman–Crippen MR) is 113 cm³/mol. The molecule has 0 bridgehead atoms. The number of ether oxygens (including phenoxy) is 2. The summed E-state index contributed by atoms with van der Waals surface area (Å²) in [5, 5.41) is 0.504. The molecule has 7 nitrogen and oxygen atoms in total. The number of carbonyl (C=O) groups excluding carboxylic acids is 1. The Bertz CT molecular complexity index is 1070. The van der Waals surface area contributed by atoms with Gasteiger partial charge in [-0.2, -0.15) is 4.31 Å². The summed E-state index contributed by atoms with van der Waals surface area (Å²) in [4.78, 5) is 14.5. The van der Waals surface area contributed by atoms with Gasteiger partial charge >= 0.3 is 0 Å². The van der Waals surface area contributed by atoms with Crippen LogP contribution in [0.15, 0.2) is 41.3 Å². The second-order valence-electron chi connectivity index (χ2n) is 6.96. The molecule has 160 valence electrons. The number of hydrogen-bond acceptors (Lipinski definition) is 5. The van der Waals surface area contributed by atoms with E-state index in [4.69, 9.17) is 32.7 Å². The summed E-state index contributed by atoms with van der Waals surface area (Å²) in [6.07, 6.45) is 0.739. The highest BCUT2D eigenvalue weighted by atomic mass is 35.5. The maximum absolute atomic E-state index is 13.1. The Morgan fingerprint density at radius 1 is 0.933 bits per heavy atom. The Morgan fingerprint density at radius 3 is 2.37 bits per heavy atom. The van der Waals surface area contributed by atoms with E-state index in [9.17, 15) is 13.2 Å². The normalized spacial score (nSPS) is 17.5. The van der Waals surface area contributed by atoms with Crippen molar-refractivity contribution < 1.29 is 22.7 Å². The third-order valence-electron chi connectivity index (χ3n) is 5.06. The van der Waals surface area contributed by atoms with Gasteiger partial charge in [-0.05, 0) is 24.3 Å². The number of sulfonamides is 1. The number of amides is 1. The summed E-state index contributed by atoms with van der Waals surface area (Å²) >= 11 is 12.1. The number of halogens is 2. The lowest BCUT2D eigenvalue weighted by Gasteiger charge is -2.34. The smallest absolute Gasteiger partial charge is 0.255 e. The highest BCUT2D eigenvalue weighted by Crippen LogP contribution is 2.33. The zero-order valence-electron chi connectivity index (χ0n) is 16.0. The minimum Gasteiger partial charge on any atom is -0.490 e. The number of piperazine rings is 1. The summed E-state index contributed by atoms with van der Waals surface area (Å²) < 4.78 is 38.7. The molecule has 2 aromatic rings. The van der Waals surface area contributed by atoms with E-state index in [0.717, 1.165) is 6.42 Å². The number of rotatable bonds is 3. The van der Waals surface area contributed by atoms with Crippen molar-refractivity contribution in [2.75, 3.05) is 39.4 Å². The standard InChI is InChI=1S/C20H20Cl2N2O5S/c21-16-4-1-3-15(19(16)22)20(25)23-7-9-24(10-8-23)30(26,27)14-5-6-17-18(13-14)29-12-2-11-28-17/h1,3-6,13H,2,7-12H2. The Morgan fingerprint density at radius 2 is 1.63 bits per heavy atom. The molecular formula is C20H20Cl2N2O5S. The summed E-state index contributed by atoms with van der Waals surface area (Å²) in [5.41, 5.74) is 0.309. The van der Waals surface area contributed by atoms with E-state index in [1.807, 2.05) is 0 Å². The first-order chi connectivity index (χ1) is 14.4. The van der Waals surface area contributed by atoms with Crippen molar-refractivity contribution >= 4 is 39.1 Å². The number of benzene rings is 2. The molecule has 2 heterocycles. The molecule has 10 heteroatoms. The number of fused-ring (bicyclic) bond motifs is 1. The van der Waals surface area contributed by atoms with Crippen molar-refractivity contribution in [3.8, 4) is 11.5 Å². The number of hydrogen-bond donors (Lipinski definition) is 0. The van der Waals surface area contributed by atoms with Crippen LogP contribution < -0.4 is 9.47 Å². The van der Waals surface area contributed by atoms with Crippen LogP contribution in [0.2, 0.25) is 10.0 Å². The Kier molecular flexibility index (Phi) is 6.11. The molecule has 2 aromatic carbocycles.